The number of ether oxygens (including phenoxy) is 1. The third kappa shape index (κ3) is 6.05. The first-order chi connectivity index (χ1) is 14.6. The summed E-state index contributed by atoms with van der Waals surface area (Å²) in [5.41, 5.74) is 1.73. The highest BCUT2D eigenvalue weighted by molar-refractivity contribution is 5.94. The molecule has 8 heteroatoms. The summed E-state index contributed by atoms with van der Waals surface area (Å²) in [5.74, 6) is 1.60. The van der Waals surface area contributed by atoms with Crippen LogP contribution in [-0.4, -0.2) is 66.7 Å². The van der Waals surface area contributed by atoms with Crippen LogP contribution in [0.4, 0.5) is 5.69 Å². The molecule has 0 saturated carbocycles. The molecular formula is C22H29N5O3. The highest BCUT2D eigenvalue weighted by Crippen LogP contribution is 2.20. The molecule has 30 heavy (non-hydrogen) atoms. The van der Waals surface area contributed by atoms with Crippen molar-refractivity contribution in [2.24, 2.45) is 0 Å². The Labute approximate surface area is 177 Å². The van der Waals surface area contributed by atoms with Gasteiger partial charge >= 0.3 is 0 Å². The summed E-state index contributed by atoms with van der Waals surface area (Å²) in [6.07, 6.45) is 0.295. The van der Waals surface area contributed by atoms with Crippen molar-refractivity contribution in [2.45, 2.75) is 26.8 Å². The monoisotopic (exact) mass is 411 g/mol. The maximum atomic E-state index is 13.0. The smallest absolute Gasteiger partial charge is 0.241 e. The van der Waals surface area contributed by atoms with Gasteiger partial charge in [-0.2, -0.15) is 5.26 Å². The van der Waals surface area contributed by atoms with Crippen LogP contribution in [0, 0.1) is 18.3 Å². The number of amides is 1. The molecule has 1 aromatic heterocycles. The van der Waals surface area contributed by atoms with Crippen molar-refractivity contribution in [3.8, 4) is 11.8 Å². The number of nitrogens with zero attached hydrogens (tertiary/aromatic N) is 5. The van der Waals surface area contributed by atoms with Gasteiger partial charge in [0.15, 0.2) is 0 Å². The fourth-order valence-electron chi connectivity index (χ4n) is 3.55. The second-order valence-electron chi connectivity index (χ2n) is 7.36. The van der Waals surface area contributed by atoms with Gasteiger partial charge in [0.25, 0.3) is 0 Å². The van der Waals surface area contributed by atoms with Gasteiger partial charge in [-0.05, 0) is 38.1 Å². The van der Waals surface area contributed by atoms with E-state index in [2.05, 4.69) is 21.0 Å². The van der Waals surface area contributed by atoms with Gasteiger partial charge in [0.2, 0.25) is 5.91 Å². The van der Waals surface area contributed by atoms with Crippen molar-refractivity contribution in [3.05, 3.63) is 41.8 Å². The summed E-state index contributed by atoms with van der Waals surface area (Å²) < 4.78 is 10.6. The first-order valence-corrected chi connectivity index (χ1v) is 10.4. The fourth-order valence-corrected chi connectivity index (χ4v) is 3.55. The quantitative estimate of drug-likeness (QED) is 0.626. The Morgan fingerprint density at radius 1 is 1.23 bits per heavy atom. The second-order valence-corrected chi connectivity index (χ2v) is 7.36. The van der Waals surface area contributed by atoms with Crippen LogP contribution in [0.15, 0.2) is 34.9 Å². The largest absolute Gasteiger partial charge is 0.494 e. The summed E-state index contributed by atoms with van der Waals surface area (Å²) in [4.78, 5) is 19.2. The molecule has 1 fully saturated rings. The first-order valence-electron chi connectivity index (χ1n) is 10.4. The Hall–Kier alpha value is -2.89. The molecule has 0 radical (unpaired) electrons. The standard InChI is InChI=1S/C22H29N5O3/c1-3-29-21-7-5-20(6-8-21)27(10-4-9-23)22(28)17-26-13-11-25(12-14-26)16-19-15-18(2)30-24-19/h5-8,15H,3-4,10-14,16-17H2,1-2H3. The molecule has 0 aliphatic carbocycles. The van der Waals surface area contributed by atoms with E-state index in [9.17, 15) is 4.79 Å². The Bertz CT molecular complexity index is 850. The third-order valence-electron chi connectivity index (χ3n) is 5.09. The van der Waals surface area contributed by atoms with Gasteiger partial charge in [-0.25, -0.2) is 0 Å². The predicted molar refractivity (Wildman–Crippen MR) is 113 cm³/mol. The molecule has 3 rings (SSSR count). The third-order valence-corrected chi connectivity index (χ3v) is 5.09. The fraction of sp³-hybridized carbons (Fsp3) is 0.500. The summed E-state index contributed by atoms with van der Waals surface area (Å²) in [6, 6.07) is 11.6. The molecule has 0 N–H and O–H groups in total. The van der Waals surface area contributed by atoms with Crippen LogP contribution in [0.25, 0.3) is 0 Å². The minimum absolute atomic E-state index is 0.00925. The van der Waals surface area contributed by atoms with E-state index in [-0.39, 0.29) is 5.91 Å². The summed E-state index contributed by atoms with van der Waals surface area (Å²) in [6.45, 7) is 9.30. The molecule has 0 atom stereocenters. The van der Waals surface area contributed by atoms with Crippen LogP contribution >= 0.6 is 0 Å². The van der Waals surface area contributed by atoms with Crippen molar-refractivity contribution < 1.29 is 14.1 Å². The summed E-state index contributed by atoms with van der Waals surface area (Å²) >= 11 is 0. The number of carbonyl (C=O) groups excluding carboxylic acids is 1. The molecule has 1 aromatic carbocycles. The molecule has 2 aromatic rings. The number of hydrogen-bond acceptors (Lipinski definition) is 7. The molecular weight excluding hydrogens is 382 g/mol. The molecule has 0 unspecified atom stereocenters. The van der Waals surface area contributed by atoms with E-state index >= 15 is 0 Å². The maximum absolute atomic E-state index is 13.0. The topological polar surface area (TPSA) is 85.8 Å². The number of benzene rings is 1. The van der Waals surface area contributed by atoms with Crippen LogP contribution in [0.5, 0.6) is 5.75 Å². The number of anilines is 1. The minimum atomic E-state index is 0.00925. The predicted octanol–water partition coefficient (Wildman–Crippen LogP) is 2.45. The van der Waals surface area contributed by atoms with Gasteiger partial charge in [0, 0.05) is 51.0 Å². The summed E-state index contributed by atoms with van der Waals surface area (Å²) in [5, 5.41) is 13.0. The highest BCUT2D eigenvalue weighted by Gasteiger charge is 2.23. The number of nitriles is 1. The van der Waals surface area contributed by atoms with E-state index in [4.69, 9.17) is 14.5 Å². The van der Waals surface area contributed by atoms with Gasteiger partial charge in [0.05, 0.1) is 31.3 Å². The molecule has 0 bridgehead atoms. The zero-order valence-corrected chi connectivity index (χ0v) is 17.7. The molecule has 1 amide bonds. The van der Waals surface area contributed by atoms with Crippen molar-refractivity contribution in [1.82, 2.24) is 15.0 Å². The molecule has 1 aliphatic heterocycles. The van der Waals surface area contributed by atoms with Crippen LogP contribution in [0.3, 0.4) is 0 Å². The van der Waals surface area contributed by atoms with Crippen LogP contribution in [0.1, 0.15) is 24.8 Å². The lowest BCUT2D eigenvalue weighted by Gasteiger charge is -2.35. The lowest BCUT2D eigenvalue weighted by molar-refractivity contribution is -0.120. The number of aromatic nitrogens is 1. The van der Waals surface area contributed by atoms with E-state index in [0.717, 1.165) is 55.6 Å². The first kappa shape index (κ1) is 21.8. The van der Waals surface area contributed by atoms with E-state index in [1.54, 1.807) is 4.90 Å². The number of aryl methyl sites for hydroxylation is 1. The van der Waals surface area contributed by atoms with Crippen LogP contribution < -0.4 is 9.64 Å². The van der Waals surface area contributed by atoms with E-state index in [1.807, 2.05) is 44.2 Å². The number of carbonyl (C=O) groups is 1. The van der Waals surface area contributed by atoms with E-state index in [0.29, 0.717) is 26.1 Å². The van der Waals surface area contributed by atoms with Crippen molar-refractivity contribution in [3.63, 3.8) is 0 Å². The maximum Gasteiger partial charge on any atom is 0.241 e. The average molecular weight is 412 g/mol. The van der Waals surface area contributed by atoms with Crippen molar-refractivity contribution in [2.75, 3.05) is 50.8 Å². The Morgan fingerprint density at radius 3 is 2.53 bits per heavy atom. The lowest BCUT2D eigenvalue weighted by atomic mass is 10.2. The molecule has 160 valence electrons. The molecule has 8 nitrogen and oxygen atoms in total. The van der Waals surface area contributed by atoms with Crippen molar-refractivity contribution >= 4 is 11.6 Å². The lowest BCUT2D eigenvalue weighted by Crippen LogP contribution is -2.50. The molecule has 1 saturated heterocycles. The molecule has 0 spiro atoms. The number of piperazine rings is 1. The van der Waals surface area contributed by atoms with Gasteiger partial charge in [-0.15, -0.1) is 0 Å². The van der Waals surface area contributed by atoms with Gasteiger partial charge in [-0.3, -0.25) is 14.6 Å². The highest BCUT2D eigenvalue weighted by atomic mass is 16.5. The zero-order chi connectivity index (χ0) is 21.3. The normalized spacial score (nSPS) is 15.0. The van der Waals surface area contributed by atoms with Gasteiger partial charge in [-0.1, -0.05) is 5.16 Å². The van der Waals surface area contributed by atoms with Gasteiger partial charge < -0.3 is 14.2 Å². The Morgan fingerprint density at radius 2 is 1.93 bits per heavy atom. The minimum Gasteiger partial charge on any atom is -0.494 e. The summed E-state index contributed by atoms with van der Waals surface area (Å²) in [7, 11) is 0. The van der Waals surface area contributed by atoms with E-state index in [1.165, 1.54) is 0 Å². The SMILES string of the molecule is CCOc1ccc(N(CCC#N)C(=O)CN2CCN(Cc3cc(C)on3)CC2)cc1. The Kier molecular flexibility index (Phi) is 7.82. The second kappa shape index (κ2) is 10.8. The zero-order valence-electron chi connectivity index (χ0n) is 17.7. The molecule has 1 aliphatic rings. The number of hydrogen-bond donors (Lipinski definition) is 0. The van der Waals surface area contributed by atoms with Gasteiger partial charge in [0.1, 0.15) is 11.5 Å². The molecule has 2 heterocycles. The Balaban J connectivity index is 1.54. The van der Waals surface area contributed by atoms with E-state index < -0.39 is 0 Å². The van der Waals surface area contributed by atoms with Crippen LogP contribution in [-0.2, 0) is 11.3 Å². The van der Waals surface area contributed by atoms with Crippen molar-refractivity contribution in [1.29, 1.82) is 5.26 Å². The van der Waals surface area contributed by atoms with Crippen LogP contribution in [0.2, 0.25) is 0 Å². The average Bonchev–Trinajstić information content (AvgIpc) is 3.16. The number of rotatable bonds is 9.